The lowest BCUT2D eigenvalue weighted by Gasteiger charge is -2.40. The number of hydrogen-bond donors (Lipinski definition) is 6. The largest absolute Gasteiger partial charge is 0.466 e. The zero-order valence-electron chi connectivity index (χ0n) is 44.9. The minimum Gasteiger partial charge on any atom is -0.466 e. The molecule has 7 atom stereocenters. The average Bonchev–Trinajstić information content (AvgIpc) is 3.37. The van der Waals surface area contributed by atoms with Crippen LogP contribution < -0.4 is 5.32 Å². The van der Waals surface area contributed by atoms with Crippen molar-refractivity contribution >= 4 is 11.9 Å². The lowest BCUT2D eigenvalue weighted by atomic mass is 9.99. The maximum atomic E-state index is 13.0. The molecular weight excluding hydrogens is 895 g/mol. The molecule has 1 amide bonds. The van der Waals surface area contributed by atoms with Crippen LogP contribution in [-0.4, -0.2) is 100 Å². The highest BCUT2D eigenvalue weighted by atomic mass is 16.7. The molecule has 11 nitrogen and oxygen atoms in total. The van der Waals surface area contributed by atoms with E-state index in [0.717, 1.165) is 103 Å². The predicted octanol–water partition coefficient (Wildman–Crippen LogP) is 12.8. The quantitative estimate of drug-likeness (QED) is 0.0196. The van der Waals surface area contributed by atoms with Gasteiger partial charge in [0.15, 0.2) is 6.29 Å². The summed E-state index contributed by atoms with van der Waals surface area (Å²) in [7, 11) is 0. The summed E-state index contributed by atoms with van der Waals surface area (Å²) in [5.41, 5.74) is 0. The molecule has 1 aliphatic rings. The highest BCUT2D eigenvalue weighted by Gasteiger charge is 2.44. The second-order valence-electron chi connectivity index (χ2n) is 19.6. The van der Waals surface area contributed by atoms with E-state index < -0.39 is 49.5 Å². The molecular formula is C60H105NO10. The summed E-state index contributed by atoms with van der Waals surface area (Å²) >= 11 is 0. The number of amides is 1. The van der Waals surface area contributed by atoms with Gasteiger partial charge in [-0.05, 0) is 122 Å². The van der Waals surface area contributed by atoms with E-state index >= 15 is 0 Å². The Morgan fingerprint density at radius 1 is 0.521 bits per heavy atom. The molecule has 0 saturated carbocycles. The zero-order chi connectivity index (χ0) is 51.7. The van der Waals surface area contributed by atoms with E-state index in [4.69, 9.17) is 14.2 Å². The third-order valence-corrected chi connectivity index (χ3v) is 13.0. The van der Waals surface area contributed by atoms with E-state index in [9.17, 15) is 35.1 Å². The molecule has 0 bridgehead atoms. The number of allylic oxidation sites excluding steroid dienone is 11. The Hall–Kier alpha value is -2.90. The predicted molar refractivity (Wildman–Crippen MR) is 292 cm³/mol. The van der Waals surface area contributed by atoms with Crippen LogP contribution in [0.15, 0.2) is 72.9 Å². The van der Waals surface area contributed by atoms with Crippen molar-refractivity contribution in [2.45, 2.75) is 275 Å². The Labute approximate surface area is 432 Å². The Morgan fingerprint density at radius 2 is 0.958 bits per heavy atom. The normalized spacial score (nSPS) is 19.7. The van der Waals surface area contributed by atoms with Gasteiger partial charge in [0.1, 0.15) is 24.4 Å². The number of unbranched alkanes of at least 4 members (excludes halogenated alkanes) is 24. The summed E-state index contributed by atoms with van der Waals surface area (Å²) in [6.07, 6.45) is 54.1. The van der Waals surface area contributed by atoms with Crippen LogP contribution in [0.25, 0.3) is 0 Å². The molecule has 0 aromatic heterocycles. The number of carbonyl (C=O) groups is 2. The molecule has 0 aliphatic carbocycles. The van der Waals surface area contributed by atoms with E-state index in [1.165, 1.54) is 96.3 Å². The van der Waals surface area contributed by atoms with Crippen molar-refractivity contribution in [3.63, 3.8) is 0 Å². The van der Waals surface area contributed by atoms with Crippen LogP contribution in [0, 0.1) is 0 Å². The van der Waals surface area contributed by atoms with Gasteiger partial charge >= 0.3 is 5.97 Å². The van der Waals surface area contributed by atoms with Gasteiger partial charge in [0.25, 0.3) is 0 Å². The van der Waals surface area contributed by atoms with E-state index in [-0.39, 0.29) is 18.5 Å². The van der Waals surface area contributed by atoms with Gasteiger partial charge in [-0.15, -0.1) is 0 Å². The molecule has 1 heterocycles. The Balaban J connectivity index is 2.19. The topological polar surface area (TPSA) is 175 Å². The summed E-state index contributed by atoms with van der Waals surface area (Å²) < 4.78 is 16.6. The molecule has 1 fully saturated rings. The molecule has 71 heavy (non-hydrogen) atoms. The molecule has 0 aromatic carbocycles. The number of ether oxygens (including phenoxy) is 3. The van der Waals surface area contributed by atoms with E-state index in [1.807, 2.05) is 6.08 Å². The molecule has 410 valence electrons. The van der Waals surface area contributed by atoms with Crippen LogP contribution in [-0.2, 0) is 23.8 Å². The summed E-state index contributed by atoms with van der Waals surface area (Å²) in [4.78, 5) is 25.0. The third-order valence-electron chi connectivity index (χ3n) is 13.0. The first-order valence-corrected chi connectivity index (χ1v) is 28.7. The van der Waals surface area contributed by atoms with Gasteiger partial charge in [0.2, 0.25) is 5.91 Å². The Morgan fingerprint density at radius 3 is 1.51 bits per heavy atom. The number of aliphatic hydroxyl groups excluding tert-OH is 5. The smallest absolute Gasteiger partial charge is 0.305 e. The minimum atomic E-state index is -1.59. The molecule has 0 aromatic rings. The van der Waals surface area contributed by atoms with Gasteiger partial charge < -0.3 is 45.1 Å². The molecule has 6 N–H and O–H groups in total. The van der Waals surface area contributed by atoms with Gasteiger partial charge in [-0.25, -0.2) is 0 Å². The monoisotopic (exact) mass is 1000 g/mol. The van der Waals surface area contributed by atoms with Gasteiger partial charge in [0.05, 0.1) is 32.0 Å². The van der Waals surface area contributed by atoms with Crippen molar-refractivity contribution in [1.82, 2.24) is 5.32 Å². The van der Waals surface area contributed by atoms with Crippen molar-refractivity contribution in [2.75, 3.05) is 19.8 Å². The fraction of sp³-hybridized carbons (Fsp3) is 0.767. The van der Waals surface area contributed by atoms with Crippen molar-refractivity contribution in [3.8, 4) is 0 Å². The van der Waals surface area contributed by atoms with Crippen LogP contribution in [0.5, 0.6) is 0 Å². The first kappa shape index (κ1) is 66.1. The number of aliphatic hydroxyl groups is 5. The van der Waals surface area contributed by atoms with Crippen LogP contribution in [0.3, 0.4) is 0 Å². The maximum Gasteiger partial charge on any atom is 0.305 e. The van der Waals surface area contributed by atoms with Crippen LogP contribution in [0.2, 0.25) is 0 Å². The van der Waals surface area contributed by atoms with Gasteiger partial charge in [-0.1, -0.05) is 170 Å². The molecule has 1 rings (SSSR count). The maximum absolute atomic E-state index is 13.0. The van der Waals surface area contributed by atoms with Crippen LogP contribution in [0.4, 0.5) is 0 Å². The summed E-state index contributed by atoms with van der Waals surface area (Å²) in [6, 6.07) is -0.849. The first-order valence-electron chi connectivity index (χ1n) is 28.7. The fourth-order valence-corrected chi connectivity index (χ4v) is 8.37. The second kappa shape index (κ2) is 49.3. The van der Waals surface area contributed by atoms with E-state index in [0.29, 0.717) is 25.9 Å². The minimum absolute atomic E-state index is 0.0448. The SMILES string of the molecule is CCCCC/C=C\CCCCCCCC(=O)OCCCCC/C=C\C/C=C\CCCCCCCCCC(=O)NC(COC1OC(CO)C(O)C(O)C1O)C(O)/C=C/CC/C=C/CC/C=C/CCCCCC. The van der Waals surface area contributed by atoms with Crippen molar-refractivity contribution in [1.29, 1.82) is 0 Å². The zero-order valence-corrected chi connectivity index (χ0v) is 44.9. The van der Waals surface area contributed by atoms with Crippen LogP contribution in [0.1, 0.15) is 232 Å². The van der Waals surface area contributed by atoms with Crippen molar-refractivity contribution in [2.24, 2.45) is 0 Å². The number of carbonyl (C=O) groups excluding carboxylic acids is 2. The number of nitrogens with one attached hydrogen (secondary N) is 1. The van der Waals surface area contributed by atoms with Crippen molar-refractivity contribution in [3.05, 3.63) is 72.9 Å². The Kier molecular flexibility index (Phi) is 45.9. The van der Waals surface area contributed by atoms with E-state index in [2.05, 4.69) is 79.9 Å². The lowest BCUT2D eigenvalue weighted by Crippen LogP contribution is -2.60. The number of esters is 1. The molecule has 11 heteroatoms. The number of hydrogen-bond acceptors (Lipinski definition) is 10. The first-order chi connectivity index (χ1) is 34.7. The highest BCUT2D eigenvalue weighted by Crippen LogP contribution is 2.23. The standard InChI is InChI=1S/C60H105NO10/c1-3-5-7-9-11-13-15-17-23-26-30-34-38-42-46-53(63)52(51-70-60-59(68)58(67)57(66)54(50-62)71-60)61-55(64)47-43-39-35-31-27-24-21-19-18-20-22-25-29-33-37-41-45-49-69-56(65)48-44-40-36-32-28-16-14-12-10-8-6-4-2/h12-15,18,20,25-26,29-30,42,46,52-54,57-60,62-63,66-68H,3-11,16-17,19,21-24,27-28,31-41,43-45,47-51H2,1-2H3,(H,61,64)/b14-12-,15-13+,20-18-,29-25-,30-26+,46-42+. The molecule has 7 unspecified atom stereocenters. The fourth-order valence-electron chi connectivity index (χ4n) is 8.37. The van der Waals surface area contributed by atoms with Gasteiger partial charge in [-0.2, -0.15) is 0 Å². The van der Waals surface area contributed by atoms with E-state index in [1.54, 1.807) is 6.08 Å². The van der Waals surface area contributed by atoms with Gasteiger partial charge in [0, 0.05) is 12.8 Å². The molecule has 1 aliphatic heterocycles. The number of rotatable bonds is 48. The Bertz CT molecular complexity index is 1410. The van der Waals surface area contributed by atoms with Gasteiger partial charge in [-0.3, -0.25) is 9.59 Å². The highest BCUT2D eigenvalue weighted by molar-refractivity contribution is 5.76. The second-order valence-corrected chi connectivity index (χ2v) is 19.6. The summed E-state index contributed by atoms with van der Waals surface area (Å²) in [5.74, 6) is -0.260. The average molecular weight is 1000 g/mol. The van der Waals surface area contributed by atoms with Crippen LogP contribution >= 0.6 is 0 Å². The third kappa shape index (κ3) is 39.3. The molecule has 1 saturated heterocycles. The lowest BCUT2D eigenvalue weighted by molar-refractivity contribution is -0.302. The molecule has 0 spiro atoms. The van der Waals surface area contributed by atoms with Crippen molar-refractivity contribution < 1.29 is 49.3 Å². The summed E-state index contributed by atoms with van der Waals surface area (Å²) in [5, 5.41) is 54.3. The molecule has 0 radical (unpaired) electrons. The summed E-state index contributed by atoms with van der Waals surface area (Å²) in [6.45, 7) is 4.20.